The largest absolute Gasteiger partial charge is 0.311 e. The first kappa shape index (κ1) is 13.1. The van der Waals surface area contributed by atoms with E-state index in [0.717, 1.165) is 18.8 Å². The molecule has 0 saturated carbocycles. The van der Waals surface area contributed by atoms with E-state index in [4.69, 9.17) is 0 Å². The third-order valence-corrected chi connectivity index (χ3v) is 4.52. The number of nitrogens with zero attached hydrogens (tertiary/aromatic N) is 2. The van der Waals surface area contributed by atoms with Crippen LogP contribution in [0.5, 0.6) is 0 Å². The summed E-state index contributed by atoms with van der Waals surface area (Å²) in [5, 5.41) is 0. The third kappa shape index (κ3) is 3.00. The van der Waals surface area contributed by atoms with Crippen LogP contribution in [-0.4, -0.2) is 35.3 Å². The first-order chi connectivity index (χ1) is 9.22. The van der Waals surface area contributed by atoms with Gasteiger partial charge in [-0.2, -0.15) is 0 Å². The zero-order valence-corrected chi connectivity index (χ0v) is 12.6. The van der Waals surface area contributed by atoms with Crippen LogP contribution in [-0.2, 0) is 11.3 Å². The second kappa shape index (κ2) is 5.63. The van der Waals surface area contributed by atoms with E-state index >= 15 is 0 Å². The molecule has 0 N–H and O–H groups in total. The number of amides is 1. The maximum atomic E-state index is 11.9. The van der Waals surface area contributed by atoms with Gasteiger partial charge in [0.1, 0.15) is 0 Å². The van der Waals surface area contributed by atoms with Gasteiger partial charge in [0.05, 0.1) is 0 Å². The summed E-state index contributed by atoms with van der Waals surface area (Å²) < 4.78 is 0. The first-order valence-corrected chi connectivity index (χ1v) is 7.90. The van der Waals surface area contributed by atoms with Crippen LogP contribution in [0.15, 0.2) is 24.3 Å². The molecule has 1 amide bonds. The van der Waals surface area contributed by atoms with Gasteiger partial charge in [0.25, 0.3) is 0 Å². The molecule has 0 spiro atoms. The quantitative estimate of drug-likeness (QED) is 0.799. The molecule has 2 aliphatic heterocycles. The molecule has 19 heavy (non-hydrogen) atoms. The lowest BCUT2D eigenvalue weighted by Crippen LogP contribution is -2.25. The molecule has 2 aliphatic rings. The second-order valence-electron chi connectivity index (χ2n) is 5.46. The fraction of sp³-hybridized carbons (Fsp3) is 0.533. The van der Waals surface area contributed by atoms with Crippen molar-refractivity contribution in [3.8, 4) is 0 Å². The normalized spacial score (nSPS) is 24.4. The molecule has 0 bridgehead atoms. The number of likely N-dealkylation sites (tertiary alicyclic amines) is 1. The molecule has 2 fully saturated rings. The summed E-state index contributed by atoms with van der Waals surface area (Å²) in [4.78, 5) is 16.6. The Balaban J connectivity index is 1.74. The highest BCUT2D eigenvalue weighted by atomic mass is 79.9. The van der Waals surface area contributed by atoms with Crippen LogP contribution in [0.2, 0.25) is 0 Å². The molecule has 0 radical (unpaired) electrons. The molecular weight excluding hydrogens is 304 g/mol. The smallest absolute Gasteiger partial charge is 0.228 e. The van der Waals surface area contributed by atoms with Crippen LogP contribution in [0.4, 0.5) is 5.69 Å². The molecule has 2 saturated heterocycles. The molecule has 4 heteroatoms. The topological polar surface area (TPSA) is 23.6 Å². The number of alkyl halides is 1. The van der Waals surface area contributed by atoms with Crippen molar-refractivity contribution < 1.29 is 4.79 Å². The predicted molar refractivity (Wildman–Crippen MR) is 80.6 cm³/mol. The van der Waals surface area contributed by atoms with E-state index in [1.54, 1.807) is 0 Å². The molecule has 2 heterocycles. The molecule has 1 unspecified atom stereocenters. The van der Waals surface area contributed by atoms with Crippen LogP contribution in [0, 0.1) is 0 Å². The van der Waals surface area contributed by atoms with Crippen LogP contribution < -0.4 is 4.90 Å². The van der Waals surface area contributed by atoms with Gasteiger partial charge in [0.2, 0.25) is 5.91 Å². The molecular formula is C15H19BrN2O. The first-order valence-electron chi connectivity index (χ1n) is 6.98. The number of hydrogen-bond donors (Lipinski definition) is 0. The Hall–Kier alpha value is -0.870. The third-order valence-electron chi connectivity index (χ3n) is 3.90. The van der Waals surface area contributed by atoms with Crippen molar-refractivity contribution in [2.24, 2.45) is 0 Å². The van der Waals surface area contributed by atoms with E-state index < -0.39 is 0 Å². The van der Waals surface area contributed by atoms with E-state index in [-0.39, 0.29) is 5.91 Å². The van der Waals surface area contributed by atoms with Crippen molar-refractivity contribution in [2.45, 2.75) is 30.6 Å². The molecule has 3 nitrogen and oxygen atoms in total. The Morgan fingerprint density at radius 2 is 2.05 bits per heavy atom. The van der Waals surface area contributed by atoms with Gasteiger partial charge in [-0.3, -0.25) is 9.69 Å². The highest BCUT2D eigenvalue weighted by molar-refractivity contribution is 9.09. The molecule has 1 aromatic carbocycles. The number of carbonyl (C=O) groups excluding carboxylic acids is 1. The number of carbonyl (C=O) groups is 1. The number of halogens is 1. The van der Waals surface area contributed by atoms with E-state index in [1.807, 2.05) is 11.0 Å². The molecule has 102 valence electrons. The van der Waals surface area contributed by atoms with Crippen LogP contribution >= 0.6 is 15.9 Å². The Kier molecular flexibility index (Phi) is 3.89. The summed E-state index contributed by atoms with van der Waals surface area (Å²) in [7, 11) is 0. The van der Waals surface area contributed by atoms with Crippen molar-refractivity contribution in [3.63, 3.8) is 0 Å². The fourth-order valence-electron chi connectivity index (χ4n) is 2.94. The van der Waals surface area contributed by atoms with Crippen molar-refractivity contribution in [2.75, 3.05) is 24.5 Å². The SMILES string of the molecule is O=C1CC(Br)CN1c1cccc(CN2CCCC2)c1. The van der Waals surface area contributed by atoms with Crippen molar-refractivity contribution in [3.05, 3.63) is 29.8 Å². The number of benzene rings is 1. The standard InChI is InChI=1S/C15H19BrN2O/c16-13-9-15(19)18(11-13)14-5-3-4-12(8-14)10-17-6-1-2-7-17/h3-5,8,13H,1-2,6-7,9-11H2. The Labute approximate surface area is 122 Å². The van der Waals surface area contributed by atoms with Crippen LogP contribution in [0.3, 0.4) is 0 Å². The zero-order chi connectivity index (χ0) is 13.2. The van der Waals surface area contributed by atoms with Gasteiger partial charge in [0, 0.05) is 30.0 Å². The van der Waals surface area contributed by atoms with Crippen LogP contribution in [0.1, 0.15) is 24.8 Å². The average Bonchev–Trinajstić information content (AvgIpc) is 2.99. The van der Waals surface area contributed by atoms with Crippen molar-refractivity contribution in [1.29, 1.82) is 0 Å². The minimum absolute atomic E-state index is 0.222. The maximum Gasteiger partial charge on any atom is 0.228 e. The predicted octanol–water partition coefficient (Wildman–Crippen LogP) is 2.78. The minimum atomic E-state index is 0.222. The molecule has 0 aliphatic carbocycles. The summed E-state index contributed by atoms with van der Waals surface area (Å²) in [5.41, 5.74) is 2.36. The van der Waals surface area contributed by atoms with Gasteiger partial charge < -0.3 is 4.90 Å². The average molecular weight is 323 g/mol. The van der Waals surface area contributed by atoms with Gasteiger partial charge in [-0.05, 0) is 43.6 Å². The summed E-state index contributed by atoms with van der Waals surface area (Å²) in [6.45, 7) is 4.20. The van der Waals surface area contributed by atoms with Crippen molar-refractivity contribution in [1.82, 2.24) is 4.90 Å². The monoisotopic (exact) mass is 322 g/mol. The van der Waals surface area contributed by atoms with E-state index in [1.165, 1.54) is 31.5 Å². The summed E-state index contributed by atoms with van der Waals surface area (Å²) >= 11 is 3.54. The Bertz CT molecular complexity index is 471. The highest BCUT2D eigenvalue weighted by Gasteiger charge is 2.28. The van der Waals surface area contributed by atoms with E-state index in [2.05, 4.69) is 39.0 Å². The molecule has 1 atom stereocenters. The molecule has 0 aromatic heterocycles. The molecule has 1 aromatic rings. The van der Waals surface area contributed by atoms with E-state index in [0.29, 0.717) is 11.2 Å². The Morgan fingerprint density at radius 1 is 1.26 bits per heavy atom. The van der Waals surface area contributed by atoms with Gasteiger partial charge in [0.15, 0.2) is 0 Å². The summed E-state index contributed by atoms with van der Waals surface area (Å²) in [6, 6.07) is 8.43. The highest BCUT2D eigenvalue weighted by Crippen LogP contribution is 2.26. The lowest BCUT2D eigenvalue weighted by Gasteiger charge is -2.19. The Morgan fingerprint density at radius 3 is 2.74 bits per heavy atom. The number of anilines is 1. The molecule has 3 rings (SSSR count). The zero-order valence-electron chi connectivity index (χ0n) is 11.0. The van der Waals surface area contributed by atoms with Gasteiger partial charge in [-0.1, -0.05) is 28.1 Å². The van der Waals surface area contributed by atoms with E-state index in [9.17, 15) is 4.79 Å². The summed E-state index contributed by atoms with van der Waals surface area (Å²) in [6.07, 6.45) is 3.24. The minimum Gasteiger partial charge on any atom is -0.311 e. The van der Waals surface area contributed by atoms with Gasteiger partial charge in [-0.25, -0.2) is 0 Å². The fourth-order valence-corrected chi connectivity index (χ4v) is 3.50. The van der Waals surface area contributed by atoms with Crippen LogP contribution in [0.25, 0.3) is 0 Å². The van der Waals surface area contributed by atoms with Crippen molar-refractivity contribution >= 4 is 27.5 Å². The van der Waals surface area contributed by atoms with Gasteiger partial charge >= 0.3 is 0 Å². The lowest BCUT2D eigenvalue weighted by atomic mass is 10.2. The lowest BCUT2D eigenvalue weighted by molar-refractivity contribution is -0.117. The number of hydrogen-bond acceptors (Lipinski definition) is 2. The number of rotatable bonds is 3. The maximum absolute atomic E-state index is 11.9. The van der Waals surface area contributed by atoms with Gasteiger partial charge in [-0.15, -0.1) is 0 Å². The second-order valence-corrected chi connectivity index (χ2v) is 6.75. The summed E-state index contributed by atoms with van der Waals surface area (Å²) in [5.74, 6) is 0.222.